The number of hydrogen-bond acceptors (Lipinski definition) is 2. The molecule has 2 heteroatoms. The molecule has 0 radical (unpaired) electrons. The van der Waals surface area contributed by atoms with Crippen LogP contribution in [0.3, 0.4) is 0 Å². The first-order valence-electron chi connectivity index (χ1n) is 4.71. The third-order valence-electron chi connectivity index (χ3n) is 2.03. The van der Waals surface area contributed by atoms with E-state index >= 15 is 0 Å². The lowest BCUT2D eigenvalue weighted by molar-refractivity contribution is -0.122. The molecule has 0 spiro atoms. The van der Waals surface area contributed by atoms with Gasteiger partial charge in [0.25, 0.3) is 0 Å². The highest BCUT2D eigenvalue weighted by Crippen LogP contribution is 2.17. The fourth-order valence-corrected chi connectivity index (χ4v) is 1.71. The molecule has 0 aromatic rings. The van der Waals surface area contributed by atoms with Crippen LogP contribution in [0.25, 0.3) is 0 Å². The fraction of sp³-hybridized carbons (Fsp3) is 0.900. The molecule has 0 N–H and O–H groups in total. The number of piperidine rings is 1. The number of Topliss-reactive ketones (excluding diaryl/α,β-unsaturated/α-hetero) is 1. The van der Waals surface area contributed by atoms with E-state index in [9.17, 15) is 4.79 Å². The van der Waals surface area contributed by atoms with Crippen LogP contribution < -0.4 is 0 Å². The van der Waals surface area contributed by atoms with Crippen LogP contribution in [0.4, 0.5) is 0 Å². The largest absolute Gasteiger partial charge is 0.298 e. The Hall–Kier alpha value is -0.370. The standard InChI is InChI=1S/C10H19NO/c1-10(2,3)8-11-6-4-5-9(12)7-11/h4-8H2,1-3H3. The summed E-state index contributed by atoms with van der Waals surface area (Å²) >= 11 is 0. The van der Waals surface area contributed by atoms with Crippen LogP contribution >= 0.6 is 0 Å². The number of rotatable bonds is 1. The van der Waals surface area contributed by atoms with Crippen molar-refractivity contribution in [1.82, 2.24) is 4.90 Å². The molecular formula is C10H19NO. The molecule has 0 saturated carbocycles. The Morgan fingerprint density at radius 2 is 2.08 bits per heavy atom. The van der Waals surface area contributed by atoms with Crippen LogP contribution in [0.15, 0.2) is 0 Å². The average Bonchev–Trinajstić information content (AvgIpc) is 1.82. The Morgan fingerprint density at radius 1 is 1.42 bits per heavy atom. The molecule has 0 aromatic carbocycles. The summed E-state index contributed by atoms with van der Waals surface area (Å²) in [6.45, 7) is 9.46. The van der Waals surface area contributed by atoms with Gasteiger partial charge in [-0.15, -0.1) is 0 Å². The summed E-state index contributed by atoms with van der Waals surface area (Å²) in [5, 5.41) is 0. The molecule has 1 fully saturated rings. The van der Waals surface area contributed by atoms with Crippen molar-refractivity contribution in [2.75, 3.05) is 19.6 Å². The van der Waals surface area contributed by atoms with Gasteiger partial charge in [0.15, 0.2) is 0 Å². The zero-order valence-electron chi connectivity index (χ0n) is 8.39. The number of carbonyl (C=O) groups excluding carboxylic acids is 1. The van der Waals surface area contributed by atoms with Gasteiger partial charge in [0.1, 0.15) is 5.78 Å². The van der Waals surface area contributed by atoms with Gasteiger partial charge >= 0.3 is 0 Å². The van der Waals surface area contributed by atoms with Crippen molar-refractivity contribution in [2.45, 2.75) is 33.6 Å². The molecule has 0 aromatic heterocycles. The van der Waals surface area contributed by atoms with E-state index in [1.165, 1.54) is 0 Å². The van der Waals surface area contributed by atoms with Crippen LogP contribution in [0.1, 0.15) is 33.6 Å². The van der Waals surface area contributed by atoms with Crippen LogP contribution in [-0.4, -0.2) is 30.3 Å². The van der Waals surface area contributed by atoms with Crippen LogP contribution in [-0.2, 0) is 4.79 Å². The predicted molar refractivity (Wildman–Crippen MR) is 50.1 cm³/mol. The van der Waals surface area contributed by atoms with Gasteiger partial charge in [0.05, 0.1) is 6.54 Å². The molecule has 1 heterocycles. The molecule has 0 aliphatic carbocycles. The molecule has 0 atom stereocenters. The number of carbonyl (C=O) groups is 1. The molecule has 0 amide bonds. The van der Waals surface area contributed by atoms with Crippen molar-refractivity contribution in [3.05, 3.63) is 0 Å². The van der Waals surface area contributed by atoms with Crippen molar-refractivity contribution in [3.63, 3.8) is 0 Å². The lowest BCUT2D eigenvalue weighted by atomic mass is 9.95. The van der Waals surface area contributed by atoms with Gasteiger partial charge in [-0.05, 0) is 18.4 Å². The van der Waals surface area contributed by atoms with Crippen molar-refractivity contribution >= 4 is 5.78 Å². The smallest absolute Gasteiger partial charge is 0.146 e. The highest BCUT2D eigenvalue weighted by Gasteiger charge is 2.21. The van der Waals surface area contributed by atoms with E-state index in [2.05, 4.69) is 25.7 Å². The monoisotopic (exact) mass is 169 g/mol. The molecule has 12 heavy (non-hydrogen) atoms. The summed E-state index contributed by atoms with van der Waals surface area (Å²) in [6, 6.07) is 0. The first-order chi connectivity index (χ1) is 5.47. The van der Waals surface area contributed by atoms with Crippen LogP contribution in [0.2, 0.25) is 0 Å². The zero-order valence-corrected chi connectivity index (χ0v) is 8.39. The third kappa shape index (κ3) is 3.35. The van der Waals surface area contributed by atoms with E-state index in [0.29, 0.717) is 17.7 Å². The van der Waals surface area contributed by atoms with E-state index < -0.39 is 0 Å². The van der Waals surface area contributed by atoms with Gasteiger partial charge in [-0.1, -0.05) is 20.8 Å². The summed E-state index contributed by atoms with van der Waals surface area (Å²) < 4.78 is 0. The van der Waals surface area contributed by atoms with Crippen molar-refractivity contribution in [1.29, 1.82) is 0 Å². The molecule has 1 rings (SSSR count). The Morgan fingerprint density at radius 3 is 2.58 bits per heavy atom. The molecule has 0 bridgehead atoms. The molecule has 0 unspecified atom stereocenters. The maximum atomic E-state index is 11.1. The molecule has 1 saturated heterocycles. The highest BCUT2D eigenvalue weighted by molar-refractivity contribution is 5.81. The summed E-state index contributed by atoms with van der Waals surface area (Å²) in [6.07, 6.45) is 1.84. The lowest BCUT2D eigenvalue weighted by Crippen LogP contribution is -2.40. The zero-order chi connectivity index (χ0) is 9.19. The number of hydrogen-bond donors (Lipinski definition) is 0. The second-order valence-electron chi connectivity index (χ2n) is 4.91. The topological polar surface area (TPSA) is 20.3 Å². The van der Waals surface area contributed by atoms with Gasteiger partial charge in [0.2, 0.25) is 0 Å². The van der Waals surface area contributed by atoms with E-state index in [1.54, 1.807) is 0 Å². The minimum absolute atomic E-state index is 0.317. The first kappa shape index (κ1) is 9.72. The summed E-state index contributed by atoms with van der Waals surface area (Å²) in [5.41, 5.74) is 0.317. The summed E-state index contributed by atoms with van der Waals surface area (Å²) in [5.74, 6) is 0.408. The van der Waals surface area contributed by atoms with Gasteiger partial charge in [-0.3, -0.25) is 9.69 Å². The molecule has 1 aliphatic rings. The number of nitrogens with zero attached hydrogens (tertiary/aromatic N) is 1. The quantitative estimate of drug-likeness (QED) is 0.595. The van der Waals surface area contributed by atoms with E-state index in [-0.39, 0.29) is 0 Å². The summed E-state index contributed by atoms with van der Waals surface area (Å²) in [4.78, 5) is 13.4. The van der Waals surface area contributed by atoms with E-state index in [4.69, 9.17) is 0 Å². The third-order valence-corrected chi connectivity index (χ3v) is 2.03. The van der Waals surface area contributed by atoms with Gasteiger partial charge in [0, 0.05) is 13.0 Å². The maximum Gasteiger partial charge on any atom is 0.146 e. The Balaban J connectivity index is 2.37. The Labute approximate surface area is 74.9 Å². The van der Waals surface area contributed by atoms with Crippen molar-refractivity contribution < 1.29 is 4.79 Å². The highest BCUT2D eigenvalue weighted by atomic mass is 16.1. The SMILES string of the molecule is CC(C)(C)CN1CCCC(=O)C1. The normalized spacial score (nSPS) is 21.4. The summed E-state index contributed by atoms with van der Waals surface area (Å²) in [7, 11) is 0. The van der Waals surface area contributed by atoms with Crippen LogP contribution in [0.5, 0.6) is 0 Å². The molecule has 1 aliphatic heterocycles. The molecular weight excluding hydrogens is 150 g/mol. The Kier molecular flexibility index (Phi) is 2.89. The lowest BCUT2D eigenvalue weighted by Gasteiger charge is -2.31. The predicted octanol–water partition coefficient (Wildman–Crippen LogP) is 1.70. The fourth-order valence-electron chi connectivity index (χ4n) is 1.71. The molecule has 2 nitrogen and oxygen atoms in total. The minimum atomic E-state index is 0.317. The van der Waals surface area contributed by atoms with Gasteiger partial charge in [-0.2, -0.15) is 0 Å². The van der Waals surface area contributed by atoms with Crippen molar-refractivity contribution in [2.24, 2.45) is 5.41 Å². The van der Waals surface area contributed by atoms with Gasteiger partial charge in [-0.25, -0.2) is 0 Å². The maximum absolute atomic E-state index is 11.1. The second kappa shape index (κ2) is 3.56. The number of likely N-dealkylation sites (tertiary alicyclic amines) is 1. The van der Waals surface area contributed by atoms with Gasteiger partial charge < -0.3 is 0 Å². The average molecular weight is 169 g/mol. The first-order valence-corrected chi connectivity index (χ1v) is 4.71. The Bertz CT molecular complexity index is 169. The molecule has 70 valence electrons. The van der Waals surface area contributed by atoms with Crippen LogP contribution in [0, 0.1) is 5.41 Å². The second-order valence-corrected chi connectivity index (χ2v) is 4.91. The van der Waals surface area contributed by atoms with E-state index in [0.717, 1.165) is 25.9 Å². The number of ketones is 1. The minimum Gasteiger partial charge on any atom is -0.298 e. The van der Waals surface area contributed by atoms with Crippen molar-refractivity contribution in [3.8, 4) is 0 Å². The van der Waals surface area contributed by atoms with E-state index in [1.807, 2.05) is 0 Å².